The van der Waals surface area contributed by atoms with Gasteiger partial charge in [-0.2, -0.15) is 0 Å². The predicted octanol–water partition coefficient (Wildman–Crippen LogP) is 2.67. The van der Waals surface area contributed by atoms with Crippen LogP contribution in [0.3, 0.4) is 0 Å². The number of hydrogen-bond acceptors (Lipinski definition) is 5. The van der Waals surface area contributed by atoms with Gasteiger partial charge in [-0.3, -0.25) is 9.69 Å². The number of hydrogen-bond donors (Lipinski definition) is 1. The number of fused-ring (bicyclic) bond motifs is 3. The summed E-state index contributed by atoms with van der Waals surface area (Å²) in [5.41, 5.74) is 0.0544. The molecule has 1 aliphatic carbocycles. The van der Waals surface area contributed by atoms with E-state index in [4.69, 9.17) is 9.47 Å². The van der Waals surface area contributed by atoms with Crippen LogP contribution in [0.5, 0.6) is 11.5 Å². The monoisotopic (exact) mass is 370 g/mol. The molecule has 5 rings (SSSR count). The zero-order chi connectivity index (χ0) is 17.7. The van der Waals surface area contributed by atoms with E-state index in [1.807, 2.05) is 35.7 Å². The van der Waals surface area contributed by atoms with Crippen molar-refractivity contribution in [3.8, 4) is 11.5 Å². The molecule has 26 heavy (non-hydrogen) atoms. The molecule has 2 aliphatic heterocycles. The maximum absolute atomic E-state index is 13.2. The highest BCUT2D eigenvalue weighted by atomic mass is 32.1. The van der Waals surface area contributed by atoms with E-state index in [1.165, 1.54) is 9.78 Å². The maximum atomic E-state index is 13.2. The lowest BCUT2D eigenvalue weighted by Crippen LogP contribution is -2.47. The number of thiophene rings is 1. The minimum Gasteiger partial charge on any atom is -0.486 e. The number of ether oxygens (including phenoxy) is 2. The van der Waals surface area contributed by atoms with E-state index in [0.29, 0.717) is 24.5 Å². The second-order valence-electron chi connectivity index (χ2n) is 6.86. The number of nitrogens with zero attached hydrogens (tertiary/aromatic N) is 1. The molecule has 2 aromatic rings. The lowest BCUT2D eigenvalue weighted by Gasteiger charge is -2.32. The normalized spacial score (nSPS) is 26.8. The molecule has 1 aromatic heterocycles. The van der Waals surface area contributed by atoms with Crippen LogP contribution >= 0.6 is 11.3 Å². The van der Waals surface area contributed by atoms with E-state index in [2.05, 4.69) is 5.32 Å². The summed E-state index contributed by atoms with van der Waals surface area (Å²) in [5, 5.41) is 4.96. The lowest BCUT2D eigenvalue weighted by atomic mass is 9.80. The van der Waals surface area contributed by atoms with Crippen LogP contribution in [-0.4, -0.2) is 36.1 Å². The predicted molar refractivity (Wildman–Crippen MR) is 95.5 cm³/mol. The Kier molecular flexibility index (Phi) is 3.46. The minimum absolute atomic E-state index is 0.177. The topological polar surface area (TPSA) is 67.9 Å². The maximum Gasteiger partial charge on any atom is 0.325 e. The molecule has 1 fully saturated rings. The third-order valence-corrected chi connectivity index (χ3v) is 6.27. The van der Waals surface area contributed by atoms with E-state index < -0.39 is 5.54 Å². The smallest absolute Gasteiger partial charge is 0.325 e. The molecule has 1 spiro atoms. The first-order valence-corrected chi connectivity index (χ1v) is 9.65. The molecule has 6 nitrogen and oxygen atoms in total. The molecule has 3 aliphatic rings. The van der Waals surface area contributed by atoms with Gasteiger partial charge in [-0.15, -0.1) is 11.3 Å². The number of amides is 3. The van der Waals surface area contributed by atoms with Gasteiger partial charge in [0.15, 0.2) is 17.6 Å². The average Bonchev–Trinajstić information content (AvgIpc) is 3.22. The fourth-order valence-corrected chi connectivity index (χ4v) is 5.06. The quantitative estimate of drug-likeness (QED) is 0.826. The molecular formula is C19H18N2O4S. The van der Waals surface area contributed by atoms with Crippen molar-refractivity contribution in [1.29, 1.82) is 0 Å². The van der Waals surface area contributed by atoms with Crippen LogP contribution in [0.1, 0.15) is 23.3 Å². The van der Waals surface area contributed by atoms with Gasteiger partial charge < -0.3 is 14.8 Å². The second kappa shape index (κ2) is 5.74. The highest BCUT2D eigenvalue weighted by Crippen LogP contribution is 2.42. The molecule has 0 saturated carbocycles. The summed E-state index contributed by atoms with van der Waals surface area (Å²) in [6.45, 7) is 0.491. The molecule has 0 unspecified atom stereocenters. The summed E-state index contributed by atoms with van der Waals surface area (Å²) < 4.78 is 11.6. The number of nitrogens with one attached hydrogen (secondary N) is 1. The Morgan fingerprint density at radius 1 is 1.23 bits per heavy atom. The van der Waals surface area contributed by atoms with Crippen molar-refractivity contribution in [2.24, 2.45) is 0 Å². The number of benzene rings is 1. The summed E-state index contributed by atoms with van der Waals surface area (Å²) in [5.74, 6) is 1.15. The van der Waals surface area contributed by atoms with Crippen LogP contribution in [-0.2, 0) is 16.8 Å². The molecule has 3 amide bonds. The molecule has 7 heteroatoms. The van der Waals surface area contributed by atoms with Crippen molar-refractivity contribution >= 4 is 23.3 Å². The van der Waals surface area contributed by atoms with E-state index in [9.17, 15) is 9.59 Å². The number of carbonyl (C=O) groups is 2. The Bertz CT molecular complexity index is 895. The number of carbonyl (C=O) groups excluding carboxylic acids is 2. The van der Waals surface area contributed by atoms with E-state index in [-0.39, 0.29) is 24.6 Å². The summed E-state index contributed by atoms with van der Waals surface area (Å²) in [6.07, 6.45) is 2.13. The Hall–Kier alpha value is -2.54. The van der Waals surface area contributed by atoms with Gasteiger partial charge in [0.1, 0.15) is 12.1 Å². The van der Waals surface area contributed by atoms with Gasteiger partial charge in [0.25, 0.3) is 5.91 Å². The van der Waals surface area contributed by atoms with Crippen molar-refractivity contribution in [2.75, 3.05) is 13.2 Å². The van der Waals surface area contributed by atoms with Gasteiger partial charge in [0, 0.05) is 10.4 Å². The minimum atomic E-state index is -0.905. The molecule has 2 atom stereocenters. The summed E-state index contributed by atoms with van der Waals surface area (Å²) in [4.78, 5) is 28.3. The van der Waals surface area contributed by atoms with Crippen LogP contribution < -0.4 is 14.8 Å². The Morgan fingerprint density at radius 3 is 2.96 bits per heavy atom. The molecule has 0 bridgehead atoms. The highest BCUT2D eigenvalue weighted by Gasteiger charge is 2.54. The Labute approximate surface area is 154 Å². The Balaban J connectivity index is 1.39. The third-order valence-electron chi connectivity index (χ3n) is 5.29. The van der Waals surface area contributed by atoms with E-state index >= 15 is 0 Å². The van der Waals surface area contributed by atoms with Gasteiger partial charge in [-0.25, -0.2) is 4.79 Å². The fourth-order valence-electron chi connectivity index (χ4n) is 4.06. The first kappa shape index (κ1) is 15.7. The largest absolute Gasteiger partial charge is 0.486 e. The standard InChI is InChI=1S/C19H18N2O4S/c22-17-19(8-3-6-16-13(19)7-9-26-16)20-18(23)21(17)10-12-11-24-14-4-1-2-5-15(14)25-12/h1-2,4-5,7,9,12H,3,6,8,10-11H2,(H,20,23)/t12-,19-/m1/s1. The van der Waals surface area contributed by atoms with Gasteiger partial charge in [0.05, 0.1) is 6.54 Å². The van der Waals surface area contributed by atoms with Crippen molar-refractivity contribution in [2.45, 2.75) is 30.9 Å². The van der Waals surface area contributed by atoms with Gasteiger partial charge in [-0.1, -0.05) is 12.1 Å². The van der Waals surface area contributed by atoms with Crippen molar-refractivity contribution < 1.29 is 19.1 Å². The summed E-state index contributed by atoms with van der Waals surface area (Å²) >= 11 is 1.65. The summed E-state index contributed by atoms with van der Waals surface area (Å²) in [6, 6.07) is 9.04. The first-order chi connectivity index (χ1) is 12.7. The number of urea groups is 1. The molecule has 0 radical (unpaired) electrons. The first-order valence-electron chi connectivity index (χ1n) is 8.77. The molecule has 1 saturated heterocycles. The van der Waals surface area contributed by atoms with E-state index in [1.54, 1.807) is 11.3 Å². The number of rotatable bonds is 2. The molecule has 134 valence electrons. The van der Waals surface area contributed by atoms with Crippen LogP contribution in [0.15, 0.2) is 35.7 Å². The van der Waals surface area contributed by atoms with Gasteiger partial charge >= 0.3 is 6.03 Å². The highest BCUT2D eigenvalue weighted by molar-refractivity contribution is 7.10. The van der Waals surface area contributed by atoms with Crippen molar-refractivity contribution in [1.82, 2.24) is 10.2 Å². The SMILES string of the molecule is O=C1N[C@@]2(CCCc3sccc32)C(=O)N1C[C@@H]1COc2ccccc2O1. The fraction of sp³-hybridized carbons (Fsp3) is 0.368. The van der Waals surface area contributed by atoms with Crippen LogP contribution in [0.25, 0.3) is 0 Å². The average molecular weight is 370 g/mol. The third kappa shape index (κ3) is 2.23. The van der Waals surface area contributed by atoms with E-state index in [0.717, 1.165) is 18.4 Å². The van der Waals surface area contributed by atoms with Crippen LogP contribution in [0, 0.1) is 0 Å². The molecule has 1 aromatic carbocycles. The zero-order valence-corrected chi connectivity index (χ0v) is 14.9. The van der Waals surface area contributed by atoms with Gasteiger partial charge in [0.2, 0.25) is 0 Å². The van der Waals surface area contributed by atoms with Crippen molar-refractivity contribution in [3.05, 3.63) is 46.2 Å². The number of para-hydroxylation sites is 2. The molecule has 1 N–H and O–H groups in total. The van der Waals surface area contributed by atoms with Crippen molar-refractivity contribution in [3.63, 3.8) is 0 Å². The number of imide groups is 1. The number of aryl methyl sites for hydroxylation is 1. The van der Waals surface area contributed by atoms with Gasteiger partial charge in [-0.05, 0) is 42.8 Å². The van der Waals surface area contributed by atoms with Crippen LogP contribution in [0.2, 0.25) is 0 Å². The molecule has 3 heterocycles. The molecular weight excluding hydrogens is 352 g/mol. The lowest BCUT2D eigenvalue weighted by molar-refractivity contribution is -0.133. The van der Waals surface area contributed by atoms with Crippen LogP contribution in [0.4, 0.5) is 4.79 Å². The summed E-state index contributed by atoms with van der Waals surface area (Å²) in [7, 11) is 0. The zero-order valence-electron chi connectivity index (χ0n) is 14.1. The Morgan fingerprint density at radius 2 is 2.08 bits per heavy atom. The second-order valence-corrected chi connectivity index (χ2v) is 7.86.